The van der Waals surface area contributed by atoms with Crippen molar-refractivity contribution in [3.8, 4) is 0 Å². The Morgan fingerprint density at radius 3 is 2.88 bits per heavy atom. The molecule has 0 bridgehead atoms. The van der Waals surface area contributed by atoms with E-state index in [-0.39, 0.29) is 5.95 Å². The van der Waals surface area contributed by atoms with Gasteiger partial charge in [0.2, 0.25) is 5.95 Å². The number of aromatic nitrogens is 3. The number of anilines is 1. The normalized spacial score (nSPS) is 10.4. The summed E-state index contributed by atoms with van der Waals surface area (Å²) in [7, 11) is 0. The number of rotatable bonds is 2. The van der Waals surface area contributed by atoms with E-state index in [0.717, 1.165) is 9.50 Å². The number of nitrogens with zero attached hydrogens (tertiary/aromatic N) is 3. The fourth-order valence-corrected chi connectivity index (χ4v) is 2.43. The van der Waals surface area contributed by atoms with Crippen LogP contribution in [0.5, 0.6) is 0 Å². The van der Waals surface area contributed by atoms with Gasteiger partial charge in [0, 0.05) is 6.20 Å². The molecule has 2 N–H and O–H groups in total. The quantitative estimate of drug-likeness (QED) is 0.863. The molecule has 4 nitrogen and oxygen atoms in total. The molecular formula is C9H6BrClN4S. The Morgan fingerprint density at radius 1 is 1.31 bits per heavy atom. The Hall–Kier alpha value is -0.850. The van der Waals surface area contributed by atoms with Crippen LogP contribution >= 0.6 is 39.3 Å². The van der Waals surface area contributed by atoms with Crippen LogP contribution in [0.15, 0.2) is 39.1 Å². The molecule has 0 saturated carbocycles. The first-order valence-corrected chi connectivity index (χ1v) is 6.22. The zero-order valence-corrected chi connectivity index (χ0v) is 11.1. The molecule has 2 aromatic rings. The fourth-order valence-electron chi connectivity index (χ4n) is 0.974. The van der Waals surface area contributed by atoms with E-state index in [0.29, 0.717) is 10.0 Å². The number of pyridine rings is 1. The predicted molar refractivity (Wildman–Crippen MR) is 67.5 cm³/mol. The van der Waals surface area contributed by atoms with Gasteiger partial charge in [-0.15, -0.1) is 0 Å². The highest BCUT2D eigenvalue weighted by Gasteiger charge is 2.09. The summed E-state index contributed by atoms with van der Waals surface area (Å²) in [5.41, 5.74) is 5.49. The van der Waals surface area contributed by atoms with Gasteiger partial charge in [-0.2, -0.15) is 0 Å². The SMILES string of the molecule is Nc1ncc(Cl)c(Sc2ncccc2Br)n1. The Kier molecular flexibility index (Phi) is 3.63. The molecule has 0 radical (unpaired) electrons. The Balaban J connectivity index is 2.34. The summed E-state index contributed by atoms with van der Waals surface area (Å²) in [5, 5.41) is 1.83. The van der Waals surface area contributed by atoms with E-state index in [1.54, 1.807) is 6.20 Å². The second-order valence-corrected chi connectivity index (χ2v) is 5.01. The maximum atomic E-state index is 5.95. The van der Waals surface area contributed by atoms with Gasteiger partial charge in [-0.1, -0.05) is 11.6 Å². The van der Waals surface area contributed by atoms with Gasteiger partial charge in [-0.25, -0.2) is 15.0 Å². The second-order valence-electron chi connectivity index (χ2n) is 2.77. The van der Waals surface area contributed by atoms with Gasteiger partial charge in [0.05, 0.1) is 15.7 Å². The molecular weight excluding hydrogens is 312 g/mol. The van der Waals surface area contributed by atoms with E-state index in [4.69, 9.17) is 17.3 Å². The number of hydrogen-bond acceptors (Lipinski definition) is 5. The van der Waals surface area contributed by atoms with Crippen LogP contribution in [0.4, 0.5) is 5.95 Å². The molecule has 2 rings (SSSR count). The van der Waals surface area contributed by atoms with Gasteiger partial charge in [0.25, 0.3) is 0 Å². The van der Waals surface area contributed by atoms with Crippen molar-refractivity contribution in [1.29, 1.82) is 0 Å². The lowest BCUT2D eigenvalue weighted by Crippen LogP contribution is -1.95. The smallest absolute Gasteiger partial charge is 0.221 e. The van der Waals surface area contributed by atoms with Crippen molar-refractivity contribution in [2.24, 2.45) is 0 Å². The summed E-state index contributed by atoms with van der Waals surface area (Å²) in [6, 6.07) is 3.73. The Morgan fingerprint density at radius 2 is 2.12 bits per heavy atom. The summed E-state index contributed by atoms with van der Waals surface area (Å²) < 4.78 is 0.883. The van der Waals surface area contributed by atoms with Crippen LogP contribution in [0.3, 0.4) is 0 Å². The Bertz CT molecular complexity index is 523. The number of hydrogen-bond donors (Lipinski definition) is 1. The van der Waals surface area contributed by atoms with E-state index >= 15 is 0 Å². The number of nitrogen functional groups attached to an aromatic ring is 1. The monoisotopic (exact) mass is 316 g/mol. The second kappa shape index (κ2) is 4.99. The summed E-state index contributed by atoms with van der Waals surface area (Å²) in [6.45, 7) is 0. The molecule has 0 atom stereocenters. The van der Waals surface area contributed by atoms with Gasteiger partial charge in [0.15, 0.2) is 0 Å². The molecule has 0 aliphatic carbocycles. The summed E-state index contributed by atoms with van der Waals surface area (Å²) in [5.74, 6) is 0.193. The Labute approximate surface area is 110 Å². The minimum absolute atomic E-state index is 0.193. The molecule has 0 aromatic carbocycles. The number of nitrogens with two attached hydrogens (primary N) is 1. The highest BCUT2D eigenvalue weighted by molar-refractivity contribution is 9.10. The van der Waals surface area contributed by atoms with Crippen LogP contribution in [-0.4, -0.2) is 15.0 Å². The molecule has 0 saturated heterocycles. The van der Waals surface area contributed by atoms with Crippen LogP contribution in [-0.2, 0) is 0 Å². The largest absolute Gasteiger partial charge is 0.368 e. The lowest BCUT2D eigenvalue weighted by Gasteiger charge is -2.04. The van der Waals surface area contributed by atoms with Crippen molar-refractivity contribution in [3.63, 3.8) is 0 Å². The third-order valence-corrected chi connectivity index (χ3v) is 3.96. The van der Waals surface area contributed by atoms with Crippen LogP contribution in [0.25, 0.3) is 0 Å². The highest BCUT2D eigenvalue weighted by Crippen LogP contribution is 2.34. The van der Waals surface area contributed by atoms with Gasteiger partial charge in [-0.3, -0.25) is 0 Å². The third-order valence-electron chi connectivity index (χ3n) is 1.65. The minimum atomic E-state index is 0.193. The predicted octanol–water partition coefficient (Wildman–Crippen LogP) is 3.02. The fraction of sp³-hybridized carbons (Fsp3) is 0. The van der Waals surface area contributed by atoms with Crippen molar-refractivity contribution in [2.45, 2.75) is 10.1 Å². The molecule has 0 amide bonds. The topological polar surface area (TPSA) is 64.7 Å². The van der Waals surface area contributed by atoms with Crippen molar-refractivity contribution < 1.29 is 0 Å². The molecule has 82 valence electrons. The maximum Gasteiger partial charge on any atom is 0.221 e. The van der Waals surface area contributed by atoms with Gasteiger partial charge in [-0.05, 0) is 39.8 Å². The first-order chi connectivity index (χ1) is 7.66. The first kappa shape index (κ1) is 11.6. The van der Waals surface area contributed by atoms with Gasteiger partial charge >= 0.3 is 0 Å². The van der Waals surface area contributed by atoms with Crippen LogP contribution in [0.2, 0.25) is 5.02 Å². The molecule has 2 aromatic heterocycles. The molecule has 0 unspecified atom stereocenters. The molecule has 0 fully saturated rings. The summed E-state index contributed by atoms with van der Waals surface area (Å²) >= 11 is 10.7. The van der Waals surface area contributed by atoms with Crippen molar-refractivity contribution in [1.82, 2.24) is 15.0 Å². The summed E-state index contributed by atoms with van der Waals surface area (Å²) in [6.07, 6.45) is 3.18. The minimum Gasteiger partial charge on any atom is -0.368 e. The molecule has 16 heavy (non-hydrogen) atoms. The number of halogens is 2. The highest BCUT2D eigenvalue weighted by atomic mass is 79.9. The lowest BCUT2D eigenvalue weighted by atomic mass is 10.5. The third kappa shape index (κ3) is 2.63. The van der Waals surface area contributed by atoms with E-state index in [2.05, 4.69) is 30.9 Å². The molecule has 2 heterocycles. The molecule has 0 aliphatic rings. The molecule has 0 aliphatic heterocycles. The average molecular weight is 318 g/mol. The lowest BCUT2D eigenvalue weighted by molar-refractivity contribution is 1.05. The van der Waals surface area contributed by atoms with E-state index in [1.807, 2.05) is 12.1 Å². The van der Waals surface area contributed by atoms with Crippen LogP contribution < -0.4 is 5.73 Å². The zero-order chi connectivity index (χ0) is 11.5. The van der Waals surface area contributed by atoms with Gasteiger partial charge in [0.1, 0.15) is 10.1 Å². The molecule has 7 heteroatoms. The van der Waals surface area contributed by atoms with Crippen LogP contribution in [0.1, 0.15) is 0 Å². The zero-order valence-electron chi connectivity index (χ0n) is 7.89. The maximum absolute atomic E-state index is 5.95. The van der Waals surface area contributed by atoms with E-state index in [9.17, 15) is 0 Å². The van der Waals surface area contributed by atoms with E-state index in [1.165, 1.54) is 18.0 Å². The van der Waals surface area contributed by atoms with E-state index < -0.39 is 0 Å². The standard InChI is InChI=1S/C9H6BrClN4S/c10-5-2-1-3-13-7(5)16-8-6(11)4-14-9(12)15-8/h1-4H,(H2,12,14,15). The first-order valence-electron chi connectivity index (χ1n) is 4.23. The van der Waals surface area contributed by atoms with Crippen molar-refractivity contribution >= 4 is 45.2 Å². The average Bonchev–Trinajstić information content (AvgIpc) is 2.27. The van der Waals surface area contributed by atoms with Gasteiger partial charge < -0.3 is 5.73 Å². The van der Waals surface area contributed by atoms with Crippen molar-refractivity contribution in [3.05, 3.63) is 34.0 Å². The van der Waals surface area contributed by atoms with Crippen LogP contribution in [0, 0.1) is 0 Å². The summed E-state index contributed by atoms with van der Waals surface area (Å²) in [4.78, 5) is 12.0. The van der Waals surface area contributed by atoms with Crippen molar-refractivity contribution in [2.75, 3.05) is 5.73 Å². The molecule has 0 spiro atoms.